The smallest absolute Gasteiger partial charge is 0.309 e. The molecule has 0 spiro atoms. The van der Waals surface area contributed by atoms with Gasteiger partial charge in [0.25, 0.3) is 0 Å². The fourth-order valence-electron chi connectivity index (χ4n) is 4.32. The molecule has 0 heterocycles. The van der Waals surface area contributed by atoms with Crippen molar-refractivity contribution in [3.63, 3.8) is 0 Å². The third kappa shape index (κ3) is 6.94. The largest absolute Gasteiger partial charge is 0.481 e. The summed E-state index contributed by atoms with van der Waals surface area (Å²) >= 11 is 0. The van der Waals surface area contributed by atoms with Gasteiger partial charge < -0.3 is 5.11 Å². The fourth-order valence-corrected chi connectivity index (χ4v) is 4.32. The number of benzene rings is 1. The Morgan fingerprint density at radius 2 is 1.61 bits per heavy atom. The van der Waals surface area contributed by atoms with Crippen LogP contribution in [0.4, 0.5) is 0 Å². The van der Waals surface area contributed by atoms with E-state index in [1.807, 2.05) is 0 Å². The molecule has 1 saturated carbocycles. The number of carbonyl (C=O) groups is 1. The zero-order chi connectivity index (χ0) is 20.8. The van der Waals surface area contributed by atoms with Crippen molar-refractivity contribution >= 4 is 5.97 Å². The number of carboxylic acid groups (broad SMARTS) is 1. The molecule has 0 radical (unpaired) electrons. The number of hydrogen-bond donors (Lipinski definition) is 1. The first-order valence-electron chi connectivity index (χ1n) is 11.5. The van der Waals surface area contributed by atoms with Crippen LogP contribution in [0.5, 0.6) is 0 Å². The second kappa shape index (κ2) is 9.94. The Kier molecular flexibility index (Phi) is 8.16. The summed E-state index contributed by atoms with van der Waals surface area (Å²) in [6.45, 7) is 11.5. The van der Waals surface area contributed by atoms with Gasteiger partial charge in [-0.25, -0.2) is 0 Å². The molecule has 2 rings (SSSR count). The molecule has 1 N–H and O–H groups in total. The van der Waals surface area contributed by atoms with Crippen LogP contribution >= 0.6 is 0 Å². The number of aryl methyl sites for hydroxylation is 2. The highest BCUT2D eigenvalue weighted by Crippen LogP contribution is 2.50. The Labute approximate surface area is 173 Å². The second-order valence-corrected chi connectivity index (χ2v) is 10.4. The van der Waals surface area contributed by atoms with Gasteiger partial charge in [-0.1, -0.05) is 58.6 Å². The van der Waals surface area contributed by atoms with Crippen LogP contribution in [0.25, 0.3) is 0 Å². The second-order valence-electron chi connectivity index (χ2n) is 10.4. The summed E-state index contributed by atoms with van der Waals surface area (Å²) in [6.07, 6.45) is 13.6. The average molecular weight is 387 g/mol. The summed E-state index contributed by atoms with van der Waals surface area (Å²) < 4.78 is 0. The molecule has 2 nitrogen and oxygen atoms in total. The van der Waals surface area contributed by atoms with Crippen molar-refractivity contribution in [3.8, 4) is 0 Å². The maximum absolute atomic E-state index is 11.3. The van der Waals surface area contributed by atoms with Gasteiger partial charge in [-0.15, -0.1) is 0 Å². The van der Waals surface area contributed by atoms with Crippen molar-refractivity contribution in [2.24, 2.45) is 10.8 Å². The number of rotatable bonds is 12. The van der Waals surface area contributed by atoms with Gasteiger partial charge in [-0.2, -0.15) is 0 Å². The van der Waals surface area contributed by atoms with Crippen LogP contribution in [0, 0.1) is 24.7 Å². The van der Waals surface area contributed by atoms with Crippen molar-refractivity contribution in [1.29, 1.82) is 0 Å². The lowest BCUT2D eigenvalue weighted by Gasteiger charge is -2.18. The first kappa shape index (κ1) is 23.0. The van der Waals surface area contributed by atoms with Crippen LogP contribution in [-0.4, -0.2) is 11.1 Å². The molecule has 0 unspecified atom stereocenters. The molecular weight excluding hydrogens is 344 g/mol. The minimum absolute atomic E-state index is 0.350. The molecule has 1 aliphatic rings. The van der Waals surface area contributed by atoms with Crippen molar-refractivity contribution in [2.45, 2.75) is 112 Å². The normalized spacial score (nSPS) is 15.6. The third-order valence-corrected chi connectivity index (χ3v) is 6.73. The van der Waals surface area contributed by atoms with Crippen LogP contribution < -0.4 is 0 Å². The summed E-state index contributed by atoms with van der Waals surface area (Å²) in [7, 11) is 0. The predicted octanol–water partition coefficient (Wildman–Crippen LogP) is 7.42. The number of unbranched alkanes of at least 4 members (excludes halogenated alkanes) is 4. The van der Waals surface area contributed by atoms with Crippen LogP contribution in [0.15, 0.2) is 12.1 Å². The van der Waals surface area contributed by atoms with E-state index >= 15 is 0 Å². The summed E-state index contributed by atoms with van der Waals surface area (Å²) in [5.41, 5.74) is 6.08. The average Bonchev–Trinajstić information content (AvgIpc) is 3.39. The maximum atomic E-state index is 11.3. The van der Waals surface area contributed by atoms with Crippen LogP contribution in [-0.2, 0) is 17.6 Å². The highest BCUT2D eigenvalue weighted by atomic mass is 16.4. The monoisotopic (exact) mass is 386 g/mol. The molecule has 0 bridgehead atoms. The zero-order valence-electron chi connectivity index (χ0n) is 19.0. The van der Waals surface area contributed by atoms with Gasteiger partial charge in [0.2, 0.25) is 0 Å². The molecule has 158 valence electrons. The molecule has 2 heteroatoms. The minimum atomic E-state index is -0.573. The molecule has 28 heavy (non-hydrogen) atoms. The van der Waals surface area contributed by atoms with E-state index in [1.54, 1.807) is 11.1 Å². The van der Waals surface area contributed by atoms with E-state index in [0.29, 0.717) is 5.41 Å². The summed E-state index contributed by atoms with van der Waals surface area (Å²) in [4.78, 5) is 11.3. The van der Waals surface area contributed by atoms with Crippen LogP contribution in [0.1, 0.15) is 107 Å². The SMILES string of the molecule is Cc1ccc(CCCCCC(C)(C)C)c(CCCCCC2(C(=O)O)CC2)c1C. The van der Waals surface area contributed by atoms with E-state index in [0.717, 1.165) is 38.5 Å². The first-order chi connectivity index (χ1) is 13.1. The van der Waals surface area contributed by atoms with Gasteiger partial charge >= 0.3 is 5.97 Å². The maximum Gasteiger partial charge on any atom is 0.309 e. The van der Waals surface area contributed by atoms with Gasteiger partial charge in [0.15, 0.2) is 0 Å². The van der Waals surface area contributed by atoms with E-state index < -0.39 is 5.97 Å². The summed E-state index contributed by atoms with van der Waals surface area (Å²) in [5.74, 6) is -0.573. The molecule has 0 aromatic heterocycles. The van der Waals surface area contributed by atoms with Crippen molar-refractivity contribution in [3.05, 3.63) is 34.4 Å². The number of carboxylic acids is 1. The Morgan fingerprint density at radius 1 is 0.964 bits per heavy atom. The quantitative estimate of drug-likeness (QED) is 0.379. The van der Waals surface area contributed by atoms with E-state index in [-0.39, 0.29) is 5.41 Å². The van der Waals surface area contributed by atoms with Crippen LogP contribution in [0.3, 0.4) is 0 Å². The molecule has 1 aliphatic carbocycles. The van der Waals surface area contributed by atoms with Crippen molar-refractivity contribution < 1.29 is 9.90 Å². The van der Waals surface area contributed by atoms with E-state index in [2.05, 4.69) is 46.8 Å². The molecule has 0 aliphatic heterocycles. The first-order valence-corrected chi connectivity index (χ1v) is 11.5. The van der Waals surface area contributed by atoms with Gasteiger partial charge in [0.1, 0.15) is 0 Å². The Morgan fingerprint density at radius 3 is 2.21 bits per heavy atom. The van der Waals surface area contributed by atoms with E-state index in [9.17, 15) is 9.90 Å². The Hall–Kier alpha value is -1.31. The molecule has 1 aromatic rings. The highest BCUT2D eigenvalue weighted by molar-refractivity contribution is 5.77. The highest BCUT2D eigenvalue weighted by Gasteiger charge is 2.49. The number of hydrogen-bond acceptors (Lipinski definition) is 1. The van der Waals surface area contributed by atoms with Gasteiger partial charge in [0.05, 0.1) is 5.41 Å². The third-order valence-electron chi connectivity index (χ3n) is 6.73. The van der Waals surface area contributed by atoms with Gasteiger partial charge in [0, 0.05) is 0 Å². The molecule has 0 atom stereocenters. The lowest BCUT2D eigenvalue weighted by molar-refractivity contribution is -0.143. The summed E-state index contributed by atoms with van der Waals surface area (Å²) in [6, 6.07) is 4.64. The lowest BCUT2D eigenvalue weighted by Crippen LogP contribution is -2.14. The molecule has 1 fully saturated rings. The van der Waals surface area contributed by atoms with Crippen molar-refractivity contribution in [2.75, 3.05) is 0 Å². The molecule has 1 aromatic carbocycles. The zero-order valence-corrected chi connectivity index (χ0v) is 19.0. The topological polar surface area (TPSA) is 37.3 Å². The van der Waals surface area contributed by atoms with Gasteiger partial charge in [-0.3, -0.25) is 4.79 Å². The van der Waals surface area contributed by atoms with E-state index in [4.69, 9.17) is 0 Å². The lowest BCUT2D eigenvalue weighted by atomic mass is 9.88. The Bertz CT molecular complexity index is 647. The standard InChI is InChI=1S/C26H42O2/c1-20-14-15-22(12-8-6-10-16-25(3,4)5)23(21(20)2)13-9-7-11-17-26(18-19-26)24(27)28/h14-15H,6-13,16-19H2,1-5H3,(H,27,28). The molecule has 0 amide bonds. The molecule has 0 saturated heterocycles. The minimum Gasteiger partial charge on any atom is -0.481 e. The fraction of sp³-hybridized carbons (Fsp3) is 0.731. The Balaban J connectivity index is 1.79. The summed E-state index contributed by atoms with van der Waals surface area (Å²) in [5, 5.41) is 9.31. The van der Waals surface area contributed by atoms with E-state index in [1.165, 1.54) is 49.7 Å². The predicted molar refractivity (Wildman–Crippen MR) is 119 cm³/mol. The van der Waals surface area contributed by atoms with Crippen molar-refractivity contribution in [1.82, 2.24) is 0 Å². The van der Waals surface area contributed by atoms with Crippen LogP contribution in [0.2, 0.25) is 0 Å². The van der Waals surface area contributed by atoms with Gasteiger partial charge in [-0.05, 0) is 92.9 Å². The molecular formula is C26H42O2. The number of aliphatic carboxylic acids is 1.